The predicted molar refractivity (Wildman–Crippen MR) is 110 cm³/mol. The molecule has 2 bridgehead atoms. The molecule has 0 saturated heterocycles. The molecule has 0 radical (unpaired) electrons. The van der Waals surface area contributed by atoms with Crippen LogP contribution in [-0.4, -0.2) is 24.3 Å². The molecular formula is C23H22ClNO4. The van der Waals surface area contributed by atoms with Gasteiger partial charge < -0.3 is 10.1 Å². The van der Waals surface area contributed by atoms with Gasteiger partial charge in [0.05, 0.1) is 16.6 Å². The molecule has 2 fully saturated rings. The van der Waals surface area contributed by atoms with E-state index in [4.69, 9.17) is 16.3 Å². The van der Waals surface area contributed by atoms with Crippen LogP contribution in [0.25, 0.3) is 0 Å². The van der Waals surface area contributed by atoms with Crippen molar-refractivity contribution in [1.29, 1.82) is 0 Å². The molecule has 0 spiro atoms. The van der Waals surface area contributed by atoms with Gasteiger partial charge in [0, 0.05) is 11.5 Å². The highest BCUT2D eigenvalue weighted by Crippen LogP contribution is 2.53. The predicted octanol–water partition coefficient (Wildman–Crippen LogP) is 4.37. The third kappa shape index (κ3) is 4.06. The second-order valence-electron chi connectivity index (χ2n) is 7.75. The molecule has 0 heterocycles. The van der Waals surface area contributed by atoms with E-state index >= 15 is 0 Å². The topological polar surface area (TPSA) is 72.5 Å². The summed E-state index contributed by atoms with van der Waals surface area (Å²) in [5, 5.41) is 3.05. The number of carbonyl (C=O) groups excluding carboxylic acids is 3. The van der Waals surface area contributed by atoms with Crippen LogP contribution in [0, 0.1) is 23.7 Å². The smallest absolute Gasteiger partial charge is 0.310 e. The lowest BCUT2D eigenvalue weighted by Crippen LogP contribution is -2.37. The van der Waals surface area contributed by atoms with Crippen molar-refractivity contribution in [2.75, 3.05) is 11.9 Å². The van der Waals surface area contributed by atoms with Crippen molar-refractivity contribution in [3.63, 3.8) is 0 Å². The van der Waals surface area contributed by atoms with Crippen molar-refractivity contribution in [2.45, 2.75) is 19.3 Å². The number of hydrogen-bond acceptors (Lipinski definition) is 4. The number of esters is 1. The lowest BCUT2D eigenvalue weighted by Gasteiger charge is -2.28. The highest BCUT2D eigenvalue weighted by molar-refractivity contribution is 6.33. The molecule has 5 nitrogen and oxygen atoms in total. The largest absolute Gasteiger partial charge is 0.455 e. The molecule has 2 aromatic rings. The maximum Gasteiger partial charge on any atom is 0.310 e. The Morgan fingerprint density at radius 3 is 2.31 bits per heavy atom. The van der Waals surface area contributed by atoms with Crippen LogP contribution < -0.4 is 5.32 Å². The standard InChI is InChI=1S/C23H22ClNO4/c24-17-8-4-5-9-18(17)25-19(26)13-29-23(28)21-16-11-10-15(12-16)20(21)22(27)14-6-2-1-3-7-14/h1-9,15-16,20-21H,10-13H2,(H,25,26)/t15-,16-,20-,21+/m0/s1. The van der Waals surface area contributed by atoms with E-state index in [0.29, 0.717) is 16.3 Å². The first-order chi connectivity index (χ1) is 14.0. The van der Waals surface area contributed by atoms with Crippen molar-refractivity contribution in [1.82, 2.24) is 0 Å². The number of fused-ring (bicyclic) bond motifs is 2. The van der Waals surface area contributed by atoms with Crippen LogP contribution in [0.4, 0.5) is 5.69 Å². The molecule has 0 aliphatic heterocycles. The zero-order chi connectivity index (χ0) is 20.4. The van der Waals surface area contributed by atoms with Crippen LogP contribution in [0.15, 0.2) is 54.6 Å². The molecule has 2 aliphatic carbocycles. The second kappa shape index (κ2) is 8.37. The normalized spacial score (nSPS) is 24.9. The summed E-state index contributed by atoms with van der Waals surface area (Å²) >= 11 is 6.03. The van der Waals surface area contributed by atoms with E-state index in [0.717, 1.165) is 19.3 Å². The summed E-state index contributed by atoms with van der Waals surface area (Å²) in [5.41, 5.74) is 1.09. The molecule has 29 heavy (non-hydrogen) atoms. The number of hydrogen-bond donors (Lipinski definition) is 1. The monoisotopic (exact) mass is 411 g/mol. The minimum Gasteiger partial charge on any atom is -0.455 e. The first kappa shape index (κ1) is 19.6. The molecule has 4 atom stereocenters. The van der Waals surface area contributed by atoms with Crippen molar-refractivity contribution >= 4 is 34.9 Å². The van der Waals surface area contributed by atoms with E-state index in [1.54, 1.807) is 36.4 Å². The maximum atomic E-state index is 13.1. The third-order valence-electron chi connectivity index (χ3n) is 6.04. The number of para-hydroxylation sites is 1. The average molecular weight is 412 g/mol. The number of anilines is 1. The van der Waals surface area contributed by atoms with Gasteiger partial charge in [-0.1, -0.05) is 54.1 Å². The Labute approximate surface area is 174 Å². The molecule has 1 N–H and O–H groups in total. The van der Waals surface area contributed by atoms with Crippen molar-refractivity contribution < 1.29 is 19.1 Å². The Bertz CT molecular complexity index is 929. The summed E-state index contributed by atoms with van der Waals surface area (Å²) < 4.78 is 5.32. The van der Waals surface area contributed by atoms with Gasteiger partial charge in [-0.2, -0.15) is 0 Å². The van der Waals surface area contributed by atoms with Crippen molar-refractivity contribution in [2.24, 2.45) is 23.7 Å². The van der Waals surface area contributed by atoms with Crippen LogP contribution in [0.5, 0.6) is 0 Å². The lowest BCUT2D eigenvalue weighted by molar-refractivity contribution is -0.154. The number of nitrogens with one attached hydrogen (secondary N) is 1. The number of Topliss-reactive ketones (excluding diaryl/α,β-unsaturated/α-hetero) is 1. The van der Waals surface area contributed by atoms with Gasteiger partial charge in [-0.15, -0.1) is 0 Å². The molecule has 0 aromatic heterocycles. The summed E-state index contributed by atoms with van der Waals surface area (Å²) in [5.74, 6) is -1.40. The van der Waals surface area contributed by atoms with Gasteiger partial charge in [-0.3, -0.25) is 14.4 Å². The fourth-order valence-corrected chi connectivity index (χ4v) is 4.97. The Morgan fingerprint density at radius 1 is 0.931 bits per heavy atom. The summed E-state index contributed by atoms with van der Waals surface area (Å²) in [6, 6.07) is 15.9. The SMILES string of the molecule is O=C(COC(=O)[C@@H]1[C@H]2CC[C@@H](C2)[C@@H]1C(=O)c1ccccc1)Nc1ccccc1Cl. The van der Waals surface area contributed by atoms with Gasteiger partial charge in [-0.25, -0.2) is 0 Å². The molecule has 4 rings (SSSR count). The van der Waals surface area contributed by atoms with Gasteiger partial charge in [0.25, 0.3) is 5.91 Å². The molecule has 0 unspecified atom stereocenters. The fourth-order valence-electron chi connectivity index (χ4n) is 4.78. The van der Waals surface area contributed by atoms with Crippen LogP contribution in [0.3, 0.4) is 0 Å². The number of halogens is 1. The van der Waals surface area contributed by atoms with Gasteiger partial charge in [-0.05, 0) is 43.2 Å². The Morgan fingerprint density at radius 2 is 1.59 bits per heavy atom. The average Bonchev–Trinajstić information content (AvgIpc) is 3.35. The van der Waals surface area contributed by atoms with E-state index < -0.39 is 24.4 Å². The number of carbonyl (C=O) groups is 3. The van der Waals surface area contributed by atoms with E-state index in [1.165, 1.54) is 0 Å². The zero-order valence-electron chi connectivity index (χ0n) is 15.8. The Balaban J connectivity index is 1.41. The van der Waals surface area contributed by atoms with E-state index in [9.17, 15) is 14.4 Å². The Kier molecular flexibility index (Phi) is 5.67. The van der Waals surface area contributed by atoms with Gasteiger partial charge >= 0.3 is 5.97 Å². The highest BCUT2D eigenvalue weighted by atomic mass is 35.5. The van der Waals surface area contributed by atoms with E-state index in [2.05, 4.69) is 5.32 Å². The van der Waals surface area contributed by atoms with E-state index in [-0.39, 0.29) is 23.5 Å². The minimum atomic E-state index is -0.477. The van der Waals surface area contributed by atoms with Gasteiger partial charge in [0.1, 0.15) is 0 Å². The summed E-state index contributed by atoms with van der Waals surface area (Å²) in [4.78, 5) is 38.1. The quantitative estimate of drug-likeness (QED) is 0.566. The molecule has 1 amide bonds. The number of benzene rings is 2. The lowest BCUT2D eigenvalue weighted by atomic mass is 9.75. The molecule has 2 aromatic carbocycles. The first-order valence-electron chi connectivity index (χ1n) is 9.85. The third-order valence-corrected chi connectivity index (χ3v) is 6.37. The number of amides is 1. The second-order valence-corrected chi connectivity index (χ2v) is 8.16. The highest BCUT2D eigenvalue weighted by Gasteiger charge is 2.54. The molecule has 2 saturated carbocycles. The van der Waals surface area contributed by atoms with Crippen molar-refractivity contribution in [3.8, 4) is 0 Å². The van der Waals surface area contributed by atoms with Crippen LogP contribution in [0.1, 0.15) is 29.6 Å². The van der Waals surface area contributed by atoms with Crippen molar-refractivity contribution in [3.05, 3.63) is 65.2 Å². The molecule has 2 aliphatic rings. The summed E-state index contributed by atoms with van der Waals surface area (Å²) in [7, 11) is 0. The number of ketones is 1. The van der Waals surface area contributed by atoms with Gasteiger partial charge in [0.15, 0.2) is 12.4 Å². The number of ether oxygens (including phenoxy) is 1. The molecule has 150 valence electrons. The summed E-state index contributed by atoms with van der Waals surface area (Å²) in [6.45, 7) is -0.399. The Hall–Kier alpha value is -2.66. The minimum absolute atomic E-state index is 0.000249. The fraction of sp³-hybridized carbons (Fsp3) is 0.348. The zero-order valence-corrected chi connectivity index (χ0v) is 16.6. The van der Waals surface area contributed by atoms with Crippen LogP contribution in [-0.2, 0) is 14.3 Å². The van der Waals surface area contributed by atoms with Crippen LogP contribution >= 0.6 is 11.6 Å². The number of rotatable bonds is 6. The first-order valence-corrected chi connectivity index (χ1v) is 10.2. The van der Waals surface area contributed by atoms with Crippen LogP contribution in [0.2, 0.25) is 5.02 Å². The van der Waals surface area contributed by atoms with Gasteiger partial charge in [0.2, 0.25) is 0 Å². The molecular weight excluding hydrogens is 390 g/mol. The molecule has 6 heteroatoms. The maximum absolute atomic E-state index is 13.1. The summed E-state index contributed by atoms with van der Waals surface area (Å²) in [6.07, 6.45) is 2.76. The van der Waals surface area contributed by atoms with E-state index in [1.807, 2.05) is 18.2 Å².